The second kappa shape index (κ2) is 5.43. The molecule has 17 heavy (non-hydrogen) atoms. The van der Waals surface area contributed by atoms with Gasteiger partial charge in [-0.1, -0.05) is 13.8 Å². The summed E-state index contributed by atoms with van der Waals surface area (Å²) >= 11 is 0. The normalized spacial score (nSPS) is 10.2. The van der Waals surface area contributed by atoms with Crippen molar-refractivity contribution in [3.8, 4) is 0 Å². The Labute approximate surface area is 98.8 Å². The molecule has 0 spiro atoms. The summed E-state index contributed by atoms with van der Waals surface area (Å²) < 4.78 is 17.5. The second-order valence-corrected chi connectivity index (χ2v) is 3.83. The van der Waals surface area contributed by atoms with E-state index in [9.17, 15) is 14.0 Å². The Morgan fingerprint density at radius 3 is 2.53 bits per heavy atom. The fourth-order valence-corrected chi connectivity index (χ4v) is 1.18. The van der Waals surface area contributed by atoms with Crippen molar-refractivity contribution in [2.45, 2.75) is 13.8 Å². The van der Waals surface area contributed by atoms with E-state index < -0.39 is 11.8 Å². The lowest BCUT2D eigenvalue weighted by Gasteiger charge is -2.11. The molecule has 1 aromatic carbocycles. The predicted molar refractivity (Wildman–Crippen MR) is 61.2 cm³/mol. The molecule has 0 aliphatic rings. The van der Waals surface area contributed by atoms with E-state index in [0.29, 0.717) is 0 Å². The molecule has 0 bridgehead atoms. The van der Waals surface area contributed by atoms with Crippen LogP contribution in [0.1, 0.15) is 24.2 Å². The number of amides is 1. The lowest BCUT2D eigenvalue weighted by molar-refractivity contribution is -0.118. The Bertz CT molecular complexity index is 443. The average Bonchev–Trinajstić information content (AvgIpc) is 2.30. The topological polar surface area (TPSA) is 55.4 Å². The zero-order valence-electron chi connectivity index (χ0n) is 9.91. The minimum absolute atomic E-state index is 0.00139. The fourth-order valence-electron chi connectivity index (χ4n) is 1.18. The van der Waals surface area contributed by atoms with Gasteiger partial charge in [-0.15, -0.1) is 0 Å². The highest BCUT2D eigenvalue weighted by molar-refractivity contribution is 6.01. The van der Waals surface area contributed by atoms with Gasteiger partial charge >= 0.3 is 5.97 Å². The van der Waals surface area contributed by atoms with E-state index in [0.717, 1.165) is 6.07 Å². The zero-order chi connectivity index (χ0) is 13.0. The average molecular weight is 239 g/mol. The fraction of sp³-hybridized carbons (Fsp3) is 0.333. The molecule has 0 fully saturated rings. The Balaban J connectivity index is 3.06. The molecule has 1 amide bonds. The van der Waals surface area contributed by atoms with Crippen LogP contribution in [-0.4, -0.2) is 19.0 Å². The first-order valence-electron chi connectivity index (χ1n) is 5.14. The summed E-state index contributed by atoms with van der Waals surface area (Å²) in [6.45, 7) is 3.44. The molecule has 0 saturated carbocycles. The summed E-state index contributed by atoms with van der Waals surface area (Å²) in [5.41, 5.74) is 0.249. The minimum atomic E-state index is -0.691. The number of methoxy groups -OCH3 is 1. The van der Waals surface area contributed by atoms with Crippen LogP contribution >= 0.6 is 0 Å². The van der Waals surface area contributed by atoms with E-state index in [-0.39, 0.29) is 23.1 Å². The van der Waals surface area contributed by atoms with Gasteiger partial charge in [0.2, 0.25) is 5.91 Å². The third kappa shape index (κ3) is 3.27. The highest BCUT2D eigenvalue weighted by Gasteiger charge is 2.16. The Morgan fingerprint density at radius 2 is 2.00 bits per heavy atom. The molecule has 0 unspecified atom stereocenters. The van der Waals surface area contributed by atoms with Gasteiger partial charge in [-0.25, -0.2) is 9.18 Å². The molecule has 1 aromatic rings. The van der Waals surface area contributed by atoms with E-state index in [1.165, 1.54) is 19.2 Å². The number of carbonyl (C=O) groups is 2. The standard InChI is InChI=1S/C12H14FNO3/c1-7(2)11(15)14-10-5-4-8(13)6-9(10)12(16)17-3/h4-7H,1-3H3,(H,14,15). The van der Waals surface area contributed by atoms with Crippen molar-refractivity contribution in [3.63, 3.8) is 0 Å². The van der Waals surface area contributed by atoms with Crippen molar-refractivity contribution in [2.75, 3.05) is 12.4 Å². The van der Waals surface area contributed by atoms with Gasteiger partial charge < -0.3 is 10.1 Å². The lowest BCUT2D eigenvalue weighted by atomic mass is 10.1. The SMILES string of the molecule is COC(=O)c1cc(F)ccc1NC(=O)C(C)C. The van der Waals surface area contributed by atoms with Crippen molar-refractivity contribution < 1.29 is 18.7 Å². The summed E-state index contributed by atoms with van der Waals surface area (Å²) in [5, 5.41) is 2.55. The van der Waals surface area contributed by atoms with E-state index >= 15 is 0 Å². The molecule has 0 heterocycles. The number of hydrogen-bond donors (Lipinski definition) is 1. The molecule has 0 aromatic heterocycles. The first-order valence-corrected chi connectivity index (χ1v) is 5.14. The Kier molecular flexibility index (Phi) is 4.20. The maximum Gasteiger partial charge on any atom is 0.340 e. The number of esters is 1. The van der Waals surface area contributed by atoms with Crippen LogP contribution in [0.5, 0.6) is 0 Å². The molecule has 1 rings (SSSR count). The highest BCUT2D eigenvalue weighted by atomic mass is 19.1. The Morgan fingerprint density at radius 1 is 1.35 bits per heavy atom. The van der Waals surface area contributed by atoms with Crippen molar-refractivity contribution in [3.05, 3.63) is 29.6 Å². The van der Waals surface area contributed by atoms with Crippen LogP contribution in [0, 0.1) is 11.7 Å². The van der Waals surface area contributed by atoms with Crippen LogP contribution in [0.2, 0.25) is 0 Å². The smallest absolute Gasteiger partial charge is 0.340 e. The number of halogens is 1. The number of ether oxygens (including phenoxy) is 1. The van der Waals surface area contributed by atoms with E-state index in [1.54, 1.807) is 13.8 Å². The molecule has 1 N–H and O–H groups in total. The van der Waals surface area contributed by atoms with Gasteiger partial charge in [0.05, 0.1) is 18.4 Å². The van der Waals surface area contributed by atoms with Gasteiger partial charge in [0.25, 0.3) is 0 Å². The van der Waals surface area contributed by atoms with E-state index in [1.807, 2.05) is 0 Å². The third-order valence-electron chi connectivity index (χ3n) is 2.17. The summed E-state index contributed by atoms with van der Waals surface area (Å²) in [5.74, 6) is -1.73. The van der Waals surface area contributed by atoms with Gasteiger partial charge in [-0.05, 0) is 18.2 Å². The number of carbonyl (C=O) groups excluding carboxylic acids is 2. The minimum Gasteiger partial charge on any atom is -0.465 e. The third-order valence-corrected chi connectivity index (χ3v) is 2.17. The number of nitrogens with one attached hydrogen (secondary N) is 1. The molecular formula is C12H14FNO3. The van der Waals surface area contributed by atoms with Crippen molar-refractivity contribution in [1.29, 1.82) is 0 Å². The van der Waals surface area contributed by atoms with Gasteiger partial charge in [0, 0.05) is 5.92 Å². The van der Waals surface area contributed by atoms with Crippen molar-refractivity contribution >= 4 is 17.6 Å². The van der Waals surface area contributed by atoms with E-state index in [2.05, 4.69) is 10.1 Å². The summed E-state index contributed by atoms with van der Waals surface area (Å²) in [6.07, 6.45) is 0. The second-order valence-electron chi connectivity index (χ2n) is 3.83. The van der Waals surface area contributed by atoms with Gasteiger partial charge in [0.1, 0.15) is 5.82 Å². The molecular weight excluding hydrogens is 225 g/mol. The van der Waals surface area contributed by atoms with Crippen LogP contribution in [-0.2, 0) is 9.53 Å². The number of anilines is 1. The molecule has 4 nitrogen and oxygen atoms in total. The molecule has 0 radical (unpaired) electrons. The van der Waals surface area contributed by atoms with Crippen molar-refractivity contribution in [2.24, 2.45) is 5.92 Å². The maximum absolute atomic E-state index is 13.0. The summed E-state index contributed by atoms with van der Waals surface area (Å²) in [7, 11) is 1.20. The first kappa shape index (κ1) is 13.2. The van der Waals surface area contributed by atoms with Crippen LogP contribution in [0.25, 0.3) is 0 Å². The number of rotatable bonds is 3. The van der Waals surface area contributed by atoms with Crippen LogP contribution in [0.4, 0.5) is 10.1 Å². The van der Waals surface area contributed by atoms with E-state index in [4.69, 9.17) is 0 Å². The zero-order valence-corrected chi connectivity index (χ0v) is 9.91. The Hall–Kier alpha value is -1.91. The summed E-state index contributed by atoms with van der Waals surface area (Å²) in [6, 6.07) is 3.53. The van der Waals surface area contributed by atoms with Gasteiger partial charge in [0.15, 0.2) is 0 Å². The molecule has 92 valence electrons. The summed E-state index contributed by atoms with van der Waals surface area (Å²) in [4.78, 5) is 22.9. The lowest BCUT2D eigenvalue weighted by Crippen LogP contribution is -2.20. The monoisotopic (exact) mass is 239 g/mol. The maximum atomic E-state index is 13.0. The van der Waals surface area contributed by atoms with Crippen LogP contribution in [0.15, 0.2) is 18.2 Å². The first-order chi connectivity index (χ1) is 7.95. The molecule has 0 aliphatic heterocycles. The number of benzene rings is 1. The quantitative estimate of drug-likeness (QED) is 0.823. The molecule has 0 atom stereocenters. The molecule has 0 saturated heterocycles. The van der Waals surface area contributed by atoms with Crippen LogP contribution < -0.4 is 5.32 Å². The van der Waals surface area contributed by atoms with Crippen LogP contribution in [0.3, 0.4) is 0 Å². The van der Waals surface area contributed by atoms with Crippen molar-refractivity contribution in [1.82, 2.24) is 0 Å². The van der Waals surface area contributed by atoms with Gasteiger partial charge in [-0.2, -0.15) is 0 Å². The molecule has 5 heteroatoms. The highest BCUT2D eigenvalue weighted by Crippen LogP contribution is 2.18. The predicted octanol–water partition coefficient (Wildman–Crippen LogP) is 2.21. The largest absolute Gasteiger partial charge is 0.465 e. The molecule has 0 aliphatic carbocycles. The number of hydrogen-bond acceptors (Lipinski definition) is 3. The van der Waals surface area contributed by atoms with Gasteiger partial charge in [-0.3, -0.25) is 4.79 Å².